The highest BCUT2D eigenvalue weighted by atomic mass is 16.6. The summed E-state index contributed by atoms with van der Waals surface area (Å²) in [7, 11) is 0. The van der Waals surface area contributed by atoms with E-state index in [1.54, 1.807) is 0 Å². The fourth-order valence-corrected chi connectivity index (χ4v) is 0.351. The van der Waals surface area contributed by atoms with E-state index >= 15 is 0 Å². The van der Waals surface area contributed by atoms with Crippen molar-refractivity contribution < 1.29 is 4.92 Å². The third-order valence-corrected chi connectivity index (χ3v) is 0.696. The summed E-state index contributed by atoms with van der Waals surface area (Å²) >= 11 is 0. The molecule has 0 fully saturated rings. The molecule has 0 spiro atoms. The summed E-state index contributed by atoms with van der Waals surface area (Å²) in [6.45, 7) is 0. The van der Waals surface area contributed by atoms with Crippen molar-refractivity contribution in [1.29, 1.82) is 0 Å². The third-order valence-electron chi connectivity index (χ3n) is 0.696. The fourth-order valence-electron chi connectivity index (χ4n) is 0.351. The minimum absolute atomic E-state index is 0.256. The number of nitrogens with zero attached hydrogens (tertiary/aromatic N) is 3. The molecule has 9 heavy (non-hydrogen) atoms. The van der Waals surface area contributed by atoms with Crippen molar-refractivity contribution in [3.05, 3.63) is 28.7 Å². The van der Waals surface area contributed by atoms with Gasteiger partial charge in [0.15, 0.2) is 6.20 Å². The molecular formula is C4H2N3O2. The standard InChI is InChI=1S/C4H2N3O2/c8-7(9)4-3-5-1-2-6-4/h2-3H. The van der Waals surface area contributed by atoms with Gasteiger partial charge < -0.3 is 10.1 Å². The topological polar surface area (TPSA) is 68.9 Å². The lowest BCUT2D eigenvalue weighted by Gasteiger charge is -1.85. The Morgan fingerprint density at radius 3 is 2.89 bits per heavy atom. The maximum absolute atomic E-state index is 9.89. The second-order valence-electron chi connectivity index (χ2n) is 1.26. The van der Waals surface area contributed by atoms with E-state index in [1.165, 1.54) is 0 Å². The van der Waals surface area contributed by atoms with Gasteiger partial charge in [-0.1, -0.05) is 0 Å². The molecule has 0 saturated heterocycles. The molecule has 0 amide bonds. The van der Waals surface area contributed by atoms with Crippen LogP contribution in [0.25, 0.3) is 0 Å². The summed E-state index contributed by atoms with van der Waals surface area (Å²) in [5, 5.41) is 9.89. The lowest BCUT2D eigenvalue weighted by molar-refractivity contribution is -0.389. The predicted octanol–water partition coefficient (Wildman–Crippen LogP) is 0.185. The highest BCUT2D eigenvalue weighted by Crippen LogP contribution is 1.98. The van der Waals surface area contributed by atoms with Crippen molar-refractivity contribution in [3.8, 4) is 0 Å². The van der Waals surface area contributed by atoms with Gasteiger partial charge in [-0.05, 0) is 9.91 Å². The van der Waals surface area contributed by atoms with Gasteiger partial charge in [-0.3, -0.25) is 0 Å². The summed E-state index contributed by atoms with van der Waals surface area (Å²) in [5.74, 6) is -0.256. The zero-order valence-corrected chi connectivity index (χ0v) is 4.31. The highest BCUT2D eigenvalue weighted by Gasteiger charge is 2.01. The Labute approximate surface area is 50.5 Å². The zero-order valence-electron chi connectivity index (χ0n) is 4.31. The van der Waals surface area contributed by atoms with Crippen LogP contribution in [0.3, 0.4) is 0 Å². The van der Waals surface area contributed by atoms with Crippen molar-refractivity contribution in [1.82, 2.24) is 9.97 Å². The molecule has 1 aromatic heterocycles. The Balaban J connectivity index is 2.98. The van der Waals surface area contributed by atoms with Crippen LogP contribution in [0.2, 0.25) is 0 Å². The molecule has 1 rings (SSSR count). The first-order valence-corrected chi connectivity index (χ1v) is 2.13. The molecule has 0 atom stereocenters. The van der Waals surface area contributed by atoms with Gasteiger partial charge in [-0.2, -0.15) is 0 Å². The normalized spacial score (nSPS) is 8.89. The molecule has 0 saturated carbocycles. The number of aromatic nitrogens is 2. The van der Waals surface area contributed by atoms with Crippen LogP contribution in [0.15, 0.2) is 12.4 Å². The maximum Gasteiger partial charge on any atom is 0.382 e. The van der Waals surface area contributed by atoms with Crippen LogP contribution in [0.1, 0.15) is 0 Å². The molecule has 45 valence electrons. The van der Waals surface area contributed by atoms with Crippen LogP contribution in [0, 0.1) is 16.3 Å². The van der Waals surface area contributed by atoms with E-state index in [2.05, 4.69) is 16.2 Å². The molecule has 0 N–H and O–H groups in total. The van der Waals surface area contributed by atoms with E-state index < -0.39 is 4.92 Å². The second kappa shape index (κ2) is 2.17. The summed E-state index contributed by atoms with van der Waals surface area (Å²) < 4.78 is 0. The summed E-state index contributed by atoms with van der Waals surface area (Å²) in [4.78, 5) is 16.0. The highest BCUT2D eigenvalue weighted by molar-refractivity contribution is 5.09. The molecule has 0 aromatic carbocycles. The van der Waals surface area contributed by atoms with Crippen LogP contribution in [-0.2, 0) is 0 Å². The molecule has 5 heteroatoms. The number of nitro groups is 1. The first-order chi connectivity index (χ1) is 4.30. The minimum Gasteiger partial charge on any atom is -0.358 e. The average molecular weight is 124 g/mol. The first-order valence-electron chi connectivity index (χ1n) is 2.13. The second-order valence-corrected chi connectivity index (χ2v) is 1.26. The Kier molecular flexibility index (Phi) is 1.35. The van der Waals surface area contributed by atoms with Crippen molar-refractivity contribution in [2.45, 2.75) is 0 Å². The smallest absolute Gasteiger partial charge is 0.358 e. The molecule has 1 radical (unpaired) electrons. The SMILES string of the molecule is O=[N+]([O-])c1cn[c]cn1. The Morgan fingerprint density at radius 2 is 2.56 bits per heavy atom. The first kappa shape index (κ1) is 5.61. The van der Waals surface area contributed by atoms with Crippen molar-refractivity contribution in [2.24, 2.45) is 0 Å². The Bertz CT molecular complexity index is 210. The lowest BCUT2D eigenvalue weighted by atomic mass is 10.7. The lowest BCUT2D eigenvalue weighted by Crippen LogP contribution is -1.90. The minimum atomic E-state index is -0.610. The number of rotatable bonds is 1. The van der Waals surface area contributed by atoms with Gasteiger partial charge in [0.05, 0.1) is 0 Å². The summed E-state index contributed by atoms with van der Waals surface area (Å²) in [5.41, 5.74) is 0. The van der Waals surface area contributed by atoms with Crippen molar-refractivity contribution >= 4 is 5.82 Å². The molecule has 1 aromatic rings. The van der Waals surface area contributed by atoms with Gasteiger partial charge in [-0.15, -0.1) is 0 Å². The van der Waals surface area contributed by atoms with Crippen LogP contribution in [0.4, 0.5) is 5.82 Å². The van der Waals surface area contributed by atoms with E-state index in [9.17, 15) is 10.1 Å². The summed E-state index contributed by atoms with van der Waals surface area (Å²) in [6, 6.07) is 0. The van der Waals surface area contributed by atoms with Gasteiger partial charge in [0.25, 0.3) is 0 Å². The Morgan fingerprint density at radius 1 is 1.78 bits per heavy atom. The fraction of sp³-hybridized carbons (Fsp3) is 0. The maximum atomic E-state index is 9.89. The van der Waals surface area contributed by atoms with Gasteiger partial charge >= 0.3 is 5.82 Å². The quantitative estimate of drug-likeness (QED) is 0.395. The largest absolute Gasteiger partial charge is 0.382 e. The molecule has 0 aliphatic carbocycles. The molecular weight excluding hydrogens is 122 g/mol. The molecule has 5 nitrogen and oxygen atoms in total. The predicted molar refractivity (Wildman–Crippen MR) is 27.5 cm³/mol. The van der Waals surface area contributed by atoms with Crippen LogP contribution >= 0.6 is 0 Å². The van der Waals surface area contributed by atoms with Gasteiger partial charge in [0.1, 0.15) is 12.4 Å². The van der Waals surface area contributed by atoms with Crippen LogP contribution in [0.5, 0.6) is 0 Å². The average Bonchev–Trinajstić information content (AvgIpc) is 1.90. The molecule has 1 heterocycles. The molecule has 0 bridgehead atoms. The van der Waals surface area contributed by atoms with Crippen molar-refractivity contribution in [2.75, 3.05) is 0 Å². The van der Waals surface area contributed by atoms with E-state index in [4.69, 9.17) is 0 Å². The summed E-state index contributed by atoms with van der Waals surface area (Å²) in [6.07, 6.45) is 4.51. The Hall–Kier alpha value is -1.52. The van der Waals surface area contributed by atoms with Crippen molar-refractivity contribution in [3.63, 3.8) is 0 Å². The van der Waals surface area contributed by atoms with Crippen LogP contribution in [-0.4, -0.2) is 14.9 Å². The van der Waals surface area contributed by atoms with E-state index in [0.717, 1.165) is 12.4 Å². The number of hydrogen-bond donors (Lipinski definition) is 0. The number of hydrogen-bond acceptors (Lipinski definition) is 4. The molecule has 0 aliphatic heterocycles. The van der Waals surface area contributed by atoms with E-state index in [1.807, 2.05) is 0 Å². The zero-order chi connectivity index (χ0) is 6.69. The van der Waals surface area contributed by atoms with E-state index in [-0.39, 0.29) is 5.82 Å². The van der Waals surface area contributed by atoms with Gasteiger partial charge in [-0.25, -0.2) is 4.98 Å². The monoisotopic (exact) mass is 124 g/mol. The molecule has 0 unspecified atom stereocenters. The van der Waals surface area contributed by atoms with Gasteiger partial charge in [0.2, 0.25) is 0 Å². The third kappa shape index (κ3) is 1.18. The molecule has 0 aliphatic rings. The van der Waals surface area contributed by atoms with E-state index in [0.29, 0.717) is 0 Å². The van der Waals surface area contributed by atoms with Gasteiger partial charge in [0, 0.05) is 0 Å². The van der Waals surface area contributed by atoms with Crippen LogP contribution < -0.4 is 0 Å².